The van der Waals surface area contributed by atoms with Crippen LogP contribution in [0.2, 0.25) is 0 Å². The molecule has 1 aromatic carbocycles. The molecule has 15 heavy (non-hydrogen) atoms. The molecule has 0 aliphatic carbocycles. The van der Waals surface area contributed by atoms with Gasteiger partial charge in [0.05, 0.1) is 0 Å². The normalized spacial score (nSPS) is 14.5. The zero-order chi connectivity index (χ0) is 11.6. The summed E-state index contributed by atoms with van der Waals surface area (Å²) in [6.07, 6.45) is 4.49. The summed E-state index contributed by atoms with van der Waals surface area (Å²) in [5.41, 5.74) is 6.29. The van der Waals surface area contributed by atoms with Crippen molar-refractivity contribution in [3.63, 3.8) is 0 Å². The quantitative estimate of drug-likeness (QED) is 0.769. The second-order valence-electron chi connectivity index (χ2n) is 4.29. The lowest BCUT2D eigenvalue weighted by Crippen LogP contribution is -2.45. The van der Waals surface area contributed by atoms with E-state index >= 15 is 0 Å². The number of rotatable bonds is 4. The van der Waals surface area contributed by atoms with E-state index in [4.69, 9.17) is 5.73 Å². The molecule has 0 saturated carbocycles. The molecule has 0 heterocycles. The Hall–Kier alpha value is -0.870. The third kappa shape index (κ3) is 3.04. The maximum absolute atomic E-state index is 12.7. The van der Waals surface area contributed by atoms with E-state index in [9.17, 15) is 4.21 Å². The van der Waals surface area contributed by atoms with Gasteiger partial charge in [-0.25, -0.2) is 0 Å². The van der Waals surface area contributed by atoms with Crippen molar-refractivity contribution in [1.82, 2.24) is 4.72 Å². The molecule has 1 aromatic rings. The lowest BCUT2D eigenvalue weighted by Gasteiger charge is -2.35. The second-order valence-corrected chi connectivity index (χ2v) is 8.70. The lowest BCUT2D eigenvalue weighted by molar-refractivity contribution is 0.647. The van der Waals surface area contributed by atoms with Gasteiger partial charge in [-0.3, -0.25) is 8.93 Å². The van der Waals surface area contributed by atoms with Crippen LogP contribution in [0.4, 0.5) is 5.69 Å². The summed E-state index contributed by atoms with van der Waals surface area (Å²) in [7, 11) is -2.89. The molecule has 0 unspecified atom stereocenters. The highest BCUT2D eigenvalue weighted by Gasteiger charge is 2.25. The van der Waals surface area contributed by atoms with Gasteiger partial charge < -0.3 is 5.73 Å². The Balaban J connectivity index is 3.03. The molecule has 0 radical (unpaired) electrons. The van der Waals surface area contributed by atoms with Crippen LogP contribution >= 0.6 is 0 Å². The molecule has 0 aliphatic rings. The highest BCUT2D eigenvalue weighted by atomic mass is 32.3. The third-order valence-corrected chi connectivity index (χ3v) is 5.02. The van der Waals surface area contributed by atoms with Gasteiger partial charge in [-0.05, 0) is 39.9 Å². The Labute approximate surface area is 91.6 Å². The lowest BCUT2D eigenvalue weighted by atomic mass is 10.3. The summed E-state index contributed by atoms with van der Waals surface area (Å²) in [6.45, 7) is 2.81. The van der Waals surface area contributed by atoms with Crippen LogP contribution in [-0.4, -0.2) is 23.3 Å². The van der Waals surface area contributed by atoms with Gasteiger partial charge in [-0.1, -0.05) is 6.92 Å². The molecule has 0 bridgehead atoms. The average molecular weight is 228 g/mol. The number of hydrogen-bond acceptors (Lipinski definition) is 2. The Kier molecular flexibility index (Phi) is 3.21. The summed E-state index contributed by atoms with van der Waals surface area (Å²) < 4.78 is 15.8. The van der Waals surface area contributed by atoms with Gasteiger partial charge in [0.2, 0.25) is 0 Å². The number of nitrogen functional groups attached to an aromatic ring is 1. The first kappa shape index (κ1) is 12.2. The molecule has 1 rings (SSSR count). The van der Waals surface area contributed by atoms with Gasteiger partial charge >= 0.3 is 0 Å². The van der Waals surface area contributed by atoms with Crippen LogP contribution in [-0.2, 0) is 9.25 Å². The molecule has 3 N–H and O–H groups in total. The first-order chi connectivity index (χ1) is 6.83. The van der Waals surface area contributed by atoms with Crippen molar-refractivity contribution in [2.45, 2.75) is 18.2 Å². The van der Waals surface area contributed by atoms with Gasteiger partial charge in [0.15, 0.2) is 0 Å². The fourth-order valence-electron chi connectivity index (χ4n) is 1.35. The van der Waals surface area contributed by atoms with E-state index in [1.807, 2.05) is 12.1 Å². The Morgan fingerprint density at radius 1 is 1.27 bits per heavy atom. The van der Waals surface area contributed by atoms with Gasteiger partial charge in [-0.2, -0.15) is 0 Å². The van der Waals surface area contributed by atoms with Crippen molar-refractivity contribution < 1.29 is 4.21 Å². The maximum atomic E-state index is 12.7. The van der Waals surface area contributed by atoms with E-state index in [0.717, 1.165) is 17.9 Å². The maximum Gasteiger partial charge on any atom is 0.0314 e. The summed E-state index contributed by atoms with van der Waals surface area (Å²) in [6, 6.07) is 7.22. The summed E-state index contributed by atoms with van der Waals surface area (Å²) in [4.78, 5) is 0.814. The SMILES string of the molecule is CCCNS(C)(C)(=O)c1ccc(N)cc1. The number of nitrogens with one attached hydrogen (secondary N) is 1. The fourth-order valence-corrected chi connectivity index (χ4v) is 3.24. The van der Waals surface area contributed by atoms with Crippen LogP contribution in [0.3, 0.4) is 0 Å². The highest BCUT2D eigenvalue weighted by Crippen LogP contribution is 2.26. The number of benzene rings is 1. The van der Waals surface area contributed by atoms with Crippen LogP contribution in [0.1, 0.15) is 13.3 Å². The molecule has 0 aliphatic heterocycles. The average Bonchev–Trinajstić information content (AvgIpc) is 2.15. The minimum absolute atomic E-state index is 0.692. The topological polar surface area (TPSA) is 55.1 Å². The van der Waals surface area contributed by atoms with E-state index in [2.05, 4.69) is 11.6 Å². The highest BCUT2D eigenvalue weighted by molar-refractivity contribution is 8.17. The molecule has 86 valence electrons. The monoisotopic (exact) mass is 228 g/mol. The molecule has 0 fully saturated rings. The van der Waals surface area contributed by atoms with Crippen LogP contribution in [0.25, 0.3) is 0 Å². The molecule has 4 heteroatoms. The molecule has 0 saturated heterocycles. The van der Waals surface area contributed by atoms with Crippen LogP contribution in [0.15, 0.2) is 29.2 Å². The van der Waals surface area contributed by atoms with Crippen LogP contribution in [0, 0.1) is 0 Å². The zero-order valence-corrected chi connectivity index (χ0v) is 10.4. The molecule has 0 aromatic heterocycles. The molecule has 0 spiro atoms. The minimum atomic E-state index is -2.89. The molecular weight excluding hydrogens is 208 g/mol. The van der Waals surface area contributed by atoms with Crippen molar-refractivity contribution in [3.05, 3.63) is 24.3 Å². The number of anilines is 1. The van der Waals surface area contributed by atoms with E-state index < -0.39 is 9.25 Å². The van der Waals surface area contributed by atoms with E-state index in [-0.39, 0.29) is 0 Å². The molecule has 0 amide bonds. The summed E-state index contributed by atoms with van der Waals surface area (Å²) in [5, 5.41) is 0. The van der Waals surface area contributed by atoms with Crippen molar-refractivity contribution in [2.24, 2.45) is 0 Å². The smallest absolute Gasteiger partial charge is 0.0314 e. The predicted octanol–water partition coefficient (Wildman–Crippen LogP) is 1.62. The molecular formula is C11H20N2OS. The summed E-state index contributed by atoms with van der Waals surface area (Å²) in [5.74, 6) is 0. The van der Waals surface area contributed by atoms with Crippen LogP contribution in [0.5, 0.6) is 0 Å². The predicted molar refractivity (Wildman–Crippen MR) is 67.4 cm³/mol. The van der Waals surface area contributed by atoms with E-state index in [0.29, 0.717) is 5.69 Å². The number of nitrogens with two attached hydrogens (primary N) is 1. The number of hydrogen-bond donors (Lipinski definition) is 2. The van der Waals surface area contributed by atoms with Gasteiger partial charge in [0, 0.05) is 29.6 Å². The van der Waals surface area contributed by atoms with Crippen molar-refractivity contribution in [1.29, 1.82) is 0 Å². The van der Waals surface area contributed by atoms with E-state index in [1.54, 1.807) is 24.6 Å². The van der Waals surface area contributed by atoms with Crippen molar-refractivity contribution in [2.75, 3.05) is 24.8 Å². The third-order valence-electron chi connectivity index (χ3n) is 2.34. The van der Waals surface area contributed by atoms with Gasteiger partial charge in [0.25, 0.3) is 0 Å². The first-order valence-corrected chi connectivity index (χ1v) is 7.84. The molecule has 3 nitrogen and oxygen atoms in total. The van der Waals surface area contributed by atoms with Crippen LogP contribution < -0.4 is 10.5 Å². The minimum Gasteiger partial charge on any atom is -0.399 e. The largest absolute Gasteiger partial charge is 0.399 e. The zero-order valence-electron chi connectivity index (χ0n) is 9.62. The first-order valence-electron chi connectivity index (χ1n) is 5.06. The van der Waals surface area contributed by atoms with Crippen molar-refractivity contribution >= 4 is 14.9 Å². The Bertz CT molecular complexity index is 392. The van der Waals surface area contributed by atoms with E-state index in [1.165, 1.54) is 0 Å². The van der Waals surface area contributed by atoms with Crippen molar-refractivity contribution in [3.8, 4) is 0 Å². The Morgan fingerprint density at radius 3 is 2.27 bits per heavy atom. The van der Waals surface area contributed by atoms with Gasteiger partial charge in [0.1, 0.15) is 0 Å². The van der Waals surface area contributed by atoms with Gasteiger partial charge in [-0.15, -0.1) is 0 Å². The molecule has 0 atom stereocenters. The Morgan fingerprint density at radius 2 is 1.80 bits per heavy atom. The standard InChI is InChI=1S/C11H20N2OS/c1-4-9-13-15(2,3,14)11-7-5-10(12)6-8-11/h5-8H,4,9,12H2,1-3H3,(H,13,14). The summed E-state index contributed by atoms with van der Waals surface area (Å²) >= 11 is 0. The fraction of sp³-hybridized carbons (Fsp3) is 0.455. The second kappa shape index (κ2) is 3.94.